The zero-order valence-corrected chi connectivity index (χ0v) is 13.6. The second-order valence-corrected chi connectivity index (χ2v) is 8.02. The third-order valence-electron chi connectivity index (χ3n) is 2.73. The van der Waals surface area contributed by atoms with E-state index in [4.69, 9.17) is 18.0 Å². The summed E-state index contributed by atoms with van der Waals surface area (Å²) in [6, 6.07) is 1.73. The normalized spacial score (nSPS) is 19.6. The van der Waals surface area contributed by atoms with Crippen molar-refractivity contribution in [3.63, 3.8) is 0 Å². The third-order valence-corrected chi connectivity index (χ3v) is 5.34. The summed E-state index contributed by atoms with van der Waals surface area (Å²) < 4.78 is 1.77. The monoisotopic (exact) mass is 396 g/mol. The zero-order chi connectivity index (χ0) is 12.6. The van der Waals surface area contributed by atoms with Crippen LogP contribution in [0.2, 0.25) is 0 Å². The van der Waals surface area contributed by atoms with Crippen LogP contribution in [0.5, 0.6) is 0 Å². The number of nitrogens with two attached hydrogens (primary N) is 1. The molecule has 1 saturated heterocycles. The molecule has 3 nitrogen and oxygen atoms in total. The zero-order valence-electron chi connectivity index (χ0n) is 8.78. The topological polar surface area (TPSA) is 46.3 Å². The maximum absolute atomic E-state index is 12.4. The molecule has 0 spiro atoms. The van der Waals surface area contributed by atoms with E-state index in [1.54, 1.807) is 4.90 Å². The van der Waals surface area contributed by atoms with E-state index in [1.807, 2.05) is 6.07 Å². The van der Waals surface area contributed by atoms with Gasteiger partial charge in [0.1, 0.15) is 0 Å². The lowest BCUT2D eigenvalue weighted by Gasteiger charge is -2.23. The number of amides is 1. The summed E-state index contributed by atoms with van der Waals surface area (Å²) in [7, 11) is 0. The highest BCUT2D eigenvalue weighted by atomic mass is 79.9. The van der Waals surface area contributed by atoms with E-state index in [2.05, 4.69) is 31.9 Å². The fraction of sp³-hybridized carbons (Fsp3) is 0.400. The molecule has 2 rings (SSSR count). The SMILES string of the molecule is NC(=S)C1CCCN1C(=O)c1cc(Br)sc1Br. The lowest BCUT2D eigenvalue weighted by atomic mass is 10.2. The molecule has 1 aromatic heterocycles. The Balaban J connectivity index is 2.25. The summed E-state index contributed by atoms with van der Waals surface area (Å²) in [6.07, 6.45) is 1.82. The van der Waals surface area contributed by atoms with Gasteiger partial charge in [-0.05, 0) is 50.8 Å². The van der Waals surface area contributed by atoms with Crippen LogP contribution in [0.25, 0.3) is 0 Å². The van der Waals surface area contributed by atoms with Crippen molar-refractivity contribution in [2.24, 2.45) is 5.73 Å². The van der Waals surface area contributed by atoms with Crippen molar-refractivity contribution in [1.82, 2.24) is 4.90 Å². The number of carbonyl (C=O) groups is 1. The minimum atomic E-state index is -0.0944. The summed E-state index contributed by atoms with van der Waals surface area (Å²) in [4.78, 5) is 14.5. The minimum Gasteiger partial charge on any atom is -0.392 e. The van der Waals surface area contributed by atoms with Crippen LogP contribution in [0.15, 0.2) is 13.6 Å². The van der Waals surface area contributed by atoms with E-state index in [0.29, 0.717) is 10.6 Å². The molecule has 2 heterocycles. The number of likely N-dealkylation sites (tertiary alicyclic amines) is 1. The highest BCUT2D eigenvalue weighted by molar-refractivity contribution is 9.12. The van der Waals surface area contributed by atoms with Crippen LogP contribution in [-0.2, 0) is 0 Å². The van der Waals surface area contributed by atoms with E-state index < -0.39 is 0 Å². The van der Waals surface area contributed by atoms with E-state index in [0.717, 1.165) is 27.0 Å². The first kappa shape index (κ1) is 13.5. The predicted molar refractivity (Wildman–Crippen MR) is 80.6 cm³/mol. The predicted octanol–water partition coefficient (Wildman–Crippen LogP) is 3.16. The molecule has 1 amide bonds. The summed E-state index contributed by atoms with van der Waals surface area (Å²) in [5.41, 5.74) is 6.34. The van der Waals surface area contributed by atoms with Crippen molar-refractivity contribution in [2.75, 3.05) is 6.54 Å². The maximum Gasteiger partial charge on any atom is 0.256 e. The number of nitrogens with zero attached hydrogens (tertiary/aromatic N) is 1. The first-order valence-corrected chi connectivity index (χ1v) is 7.87. The molecule has 1 unspecified atom stereocenters. The molecule has 92 valence electrons. The van der Waals surface area contributed by atoms with Crippen molar-refractivity contribution >= 4 is 66.3 Å². The number of carbonyl (C=O) groups excluding carboxylic acids is 1. The number of halogens is 2. The largest absolute Gasteiger partial charge is 0.392 e. The van der Waals surface area contributed by atoms with Gasteiger partial charge in [0.25, 0.3) is 5.91 Å². The number of thiocarbonyl (C=S) groups is 1. The Morgan fingerprint density at radius 3 is 2.82 bits per heavy atom. The van der Waals surface area contributed by atoms with Crippen molar-refractivity contribution < 1.29 is 4.79 Å². The second-order valence-electron chi connectivity index (χ2n) is 3.80. The molecule has 1 fully saturated rings. The van der Waals surface area contributed by atoms with Gasteiger partial charge in [-0.3, -0.25) is 4.79 Å². The molecule has 1 aliphatic rings. The fourth-order valence-electron chi connectivity index (χ4n) is 1.95. The van der Waals surface area contributed by atoms with Gasteiger partial charge in [-0.2, -0.15) is 0 Å². The molecule has 0 saturated carbocycles. The van der Waals surface area contributed by atoms with Crippen LogP contribution >= 0.6 is 55.4 Å². The fourth-order valence-corrected chi connectivity index (χ4v) is 4.97. The van der Waals surface area contributed by atoms with E-state index in [-0.39, 0.29) is 11.9 Å². The summed E-state index contributed by atoms with van der Waals surface area (Å²) >= 11 is 13.3. The van der Waals surface area contributed by atoms with Crippen molar-refractivity contribution in [2.45, 2.75) is 18.9 Å². The molecule has 1 aliphatic heterocycles. The average molecular weight is 398 g/mol. The highest BCUT2D eigenvalue weighted by Crippen LogP contribution is 2.33. The summed E-state index contributed by atoms with van der Waals surface area (Å²) in [5, 5.41) is 0. The van der Waals surface area contributed by atoms with Crippen LogP contribution in [0.3, 0.4) is 0 Å². The van der Waals surface area contributed by atoms with Gasteiger partial charge in [0, 0.05) is 6.54 Å². The highest BCUT2D eigenvalue weighted by Gasteiger charge is 2.32. The van der Waals surface area contributed by atoms with Crippen LogP contribution in [0.4, 0.5) is 0 Å². The summed E-state index contributed by atoms with van der Waals surface area (Å²) in [5.74, 6) is -0.00544. The smallest absolute Gasteiger partial charge is 0.256 e. The molecule has 7 heteroatoms. The second kappa shape index (κ2) is 5.34. The third kappa shape index (κ3) is 2.72. The van der Waals surface area contributed by atoms with Crippen LogP contribution in [0, 0.1) is 0 Å². The molecule has 2 N–H and O–H groups in total. The minimum absolute atomic E-state index is 0.00544. The number of hydrogen-bond acceptors (Lipinski definition) is 3. The molecular formula is C10H10Br2N2OS2. The van der Waals surface area contributed by atoms with E-state index in [9.17, 15) is 4.79 Å². The molecular weight excluding hydrogens is 388 g/mol. The van der Waals surface area contributed by atoms with Gasteiger partial charge in [0.2, 0.25) is 0 Å². The number of hydrogen-bond donors (Lipinski definition) is 1. The van der Waals surface area contributed by atoms with Gasteiger partial charge in [-0.25, -0.2) is 0 Å². The van der Waals surface area contributed by atoms with Crippen molar-refractivity contribution in [3.05, 3.63) is 19.2 Å². The Bertz CT molecular complexity index is 475. The molecule has 1 aromatic rings. The molecule has 0 bridgehead atoms. The first-order chi connectivity index (χ1) is 8.00. The molecule has 1 atom stereocenters. The lowest BCUT2D eigenvalue weighted by molar-refractivity contribution is 0.0770. The van der Waals surface area contributed by atoms with Gasteiger partial charge < -0.3 is 10.6 Å². The molecule has 0 radical (unpaired) electrons. The van der Waals surface area contributed by atoms with Crippen LogP contribution in [0.1, 0.15) is 23.2 Å². The Kier molecular flexibility index (Phi) is 4.22. The molecule has 0 aliphatic carbocycles. The molecule has 0 aromatic carbocycles. The van der Waals surface area contributed by atoms with Crippen molar-refractivity contribution in [3.8, 4) is 0 Å². The van der Waals surface area contributed by atoms with E-state index >= 15 is 0 Å². The molecule has 17 heavy (non-hydrogen) atoms. The average Bonchev–Trinajstić information content (AvgIpc) is 2.83. The van der Waals surface area contributed by atoms with Crippen LogP contribution < -0.4 is 5.73 Å². The lowest BCUT2D eigenvalue weighted by Crippen LogP contribution is -2.42. The maximum atomic E-state index is 12.4. The van der Waals surface area contributed by atoms with Gasteiger partial charge in [-0.15, -0.1) is 11.3 Å². The Morgan fingerprint density at radius 2 is 2.29 bits per heavy atom. The van der Waals surface area contributed by atoms with Gasteiger partial charge >= 0.3 is 0 Å². The summed E-state index contributed by atoms with van der Waals surface area (Å²) in [6.45, 7) is 0.723. The van der Waals surface area contributed by atoms with Gasteiger partial charge in [0.15, 0.2) is 0 Å². The Hall–Kier alpha value is 0.0200. The first-order valence-electron chi connectivity index (χ1n) is 5.06. The van der Waals surface area contributed by atoms with Crippen molar-refractivity contribution in [1.29, 1.82) is 0 Å². The van der Waals surface area contributed by atoms with E-state index in [1.165, 1.54) is 11.3 Å². The quantitative estimate of drug-likeness (QED) is 0.779. The number of thiophene rings is 1. The number of rotatable bonds is 2. The van der Waals surface area contributed by atoms with Crippen LogP contribution in [-0.4, -0.2) is 28.4 Å². The van der Waals surface area contributed by atoms with Gasteiger partial charge in [-0.1, -0.05) is 12.2 Å². The standard InChI is InChI=1S/C10H10Br2N2OS2/c11-7-4-5(8(12)17-7)10(15)14-3-1-2-6(14)9(13)16/h4,6H,1-3H2,(H2,13,16). The Labute approximate surface area is 126 Å². The Morgan fingerprint density at radius 1 is 1.59 bits per heavy atom. The van der Waals surface area contributed by atoms with Gasteiger partial charge in [0.05, 0.1) is 24.2 Å².